The zero-order valence-corrected chi connectivity index (χ0v) is 18.6. The molecular formula is C23H20F6FeNP+. The first-order chi connectivity index (χ1) is 14.4. The van der Waals surface area contributed by atoms with Crippen molar-refractivity contribution in [3.8, 4) is 0 Å². The minimum absolute atomic E-state index is 0. The molecule has 2 aliphatic carbocycles. The molecule has 9 heteroatoms. The van der Waals surface area contributed by atoms with Gasteiger partial charge in [0, 0.05) is 17.3 Å². The molecule has 1 saturated carbocycles. The number of fused-ring (bicyclic) bond motifs is 3. The van der Waals surface area contributed by atoms with Crippen molar-refractivity contribution in [1.29, 1.82) is 0 Å². The summed E-state index contributed by atoms with van der Waals surface area (Å²) in [7, 11) is -10.7. The van der Waals surface area contributed by atoms with E-state index in [1.54, 1.807) is 0 Å². The van der Waals surface area contributed by atoms with E-state index in [1.807, 2.05) is 32.1 Å². The number of halogens is 6. The molecule has 2 unspecified atom stereocenters. The predicted molar refractivity (Wildman–Crippen MR) is 115 cm³/mol. The first-order valence-corrected chi connectivity index (χ1v) is 11.4. The molecule has 0 amide bonds. The Morgan fingerprint density at radius 1 is 0.625 bits per heavy atom. The van der Waals surface area contributed by atoms with E-state index < -0.39 is 7.81 Å². The van der Waals surface area contributed by atoms with Crippen LogP contribution in [0.5, 0.6) is 0 Å². The van der Waals surface area contributed by atoms with Gasteiger partial charge in [0.15, 0.2) is 0 Å². The van der Waals surface area contributed by atoms with Gasteiger partial charge in [-0.2, -0.15) is 0 Å². The minimum Gasteiger partial charge on any atom is -0.0312 e. The third-order valence-corrected chi connectivity index (χ3v) is 4.55. The summed E-state index contributed by atoms with van der Waals surface area (Å²) in [5, 5.41) is 0. The molecule has 1 fully saturated rings. The number of hydrogen-bond donors (Lipinski definition) is 0. The van der Waals surface area contributed by atoms with Gasteiger partial charge in [-0.25, -0.2) is 0 Å². The Balaban J connectivity index is 0.000000233. The molecular weight excluding hydrogens is 491 g/mol. The van der Waals surface area contributed by atoms with Crippen LogP contribution in [0.25, 0.3) is 0 Å². The normalized spacial score (nSPS) is 22.6. The third-order valence-electron chi connectivity index (χ3n) is 4.55. The first kappa shape index (κ1) is 26.5. The van der Waals surface area contributed by atoms with Gasteiger partial charge < -0.3 is 4.90 Å². The second-order valence-electron chi connectivity index (χ2n) is 6.97. The molecule has 1 aliphatic heterocycles. The summed E-state index contributed by atoms with van der Waals surface area (Å²) in [6.07, 6.45) is 18.9. The Hall–Kier alpha value is -1.75. The van der Waals surface area contributed by atoms with Crippen LogP contribution in [0, 0.1) is 32.1 Å². The standard InChI is InChI=1S/C18H15N.C5H5.F6P.Fe/c1-2-8-14(9-3-1)19-17-12-6-4-10-15(17)16-11-5-7-13-18(16)19;1-2-4-5-3-1;1-7(2,3,4,5)6;/h1-13,15,17H;1-5H;;/q;;-1;+2. The summed E-state index contributed by atoms with van der Waals surface area (Å²) in [6.45, 7) is 0. The van der Waals surface area contributed by atoms with Crippen molar-refractivity contribution in [3.05, 3.63) is 117 Å². The second-order valence-corrected chi connectivity index (χ2v) is 8.89. The molecule has 0 bridgehead atoms. The number of anilines is 2. The average Bonchev–Trinajstić information content (AvgIpc) is 3.37. The number of nitrogens with zero attached hydrogens (tertiary/aromatic N) is 1. The Morgan fingerprint density at radius 2 is 1.09 bits per heavy atom. The van der Waals surface area contributed by atoms with Crippen LogP contribution in [0.4, 0.5) is 36.6 Å². The molecule has 171 valence electrons. The van der Waals surface area contributed by atoms with Crippen LogP contribution in [0.15, 0.2) is 78.9 Å². The molecule has 32 heavy (non-hydrogen) atoms. The summed E-state index contributed by atoms with van der Waals surface area (Å²) in [6, 6.07) is 19.8. The van der Waals surface area contributed by atoms with E-state index in [1.165, 1.54) is 16.9 Å². The number of rotatable bonds is 1. The number of benzene rings is 2. The summed E-state index contributed by atoms with van der Waals surface area (Å²) in [5.41, 5.74) is 4.03. The first-order valence-electron chi connectivity index (χ1n) is 9.41. The van der Waals surface area contributed by atoms with Crippen molar-refractivity contribution in [3.63, 3.8) is 0 Å². The minimum atomic E-state index is -10.7. The van der Waals surface area contributed by atoms with Gasteiger partial charge in [0.1, 0.15) is 0 Å². The third kappa shape index (κ3) is 8.65. The van der Waals surface area contributed by atoms with Crippen LogP contribution in [0.1, 0.15) is 11.5 Å². The largest absolute Gasteiger partial charge is 2.00 e. The molecule has 0 spiro atoms. The van der Waals surface area contributed by atoms with E-state index in [2.05, 4.69) is 83.8 Å². The monoisotopic (exact) mass is 511 g/mol. The van der Waals surface area contributed by atoms with E-state index in [0.717, 1.165) is 0 Å². The molecule has 5 rings (SSSR count). The number of para-hydroxylation sites is 2. The molecule has 0 aromatic heterocycles. The number of allylic oxidation sites excluding steroid dienone is 2. The second kappa shape index (κ2) is 9.62. The molecule has 2 aromatic rings. The van der Waals surface area contributed by atoms with Gasteiger partial charge in [0.25, 0.3) is 0 Å². The summed E-state index contributed by atoms with van der Waals surface area (Å²) < 4.78 is 59.2. The molecule has 5 radical (unpaired) electrons. The van der Waals surface area contributed by atoms with Crippen LogP contribution in [-0.4, -0.2) is 6.04 Å². The van der Waals surface area contributed by atoms with Gasteiger partial charge in [-0.05, 0) is 55.9 Å². The fourth-order valence-electron chi connectivity index (χ4n) is 3.50. The summed E-state index contributed by atoms with van der Waals surface area (Å²) in [5.74, 6) is 0.474. The average molecular weight is 511 g/mol. The summed E-state index contributed by atoms with van der Waals surface area (Å²) in [4.78, 5) is 2.44. The molecule has 0 N–H and O–H groups in total. The maximum absolute atomic E-state index is 10.7. The summed E-state index contributed by atoms with van der Waals surface area (Å²) >= 11 is 0. The molecule has 1 heterocycles. The van der Waals surface area contributed by atoms with Gasteiger partial charge in [0.2, 0.25) is 0 Å². The van der Waals surface area contributed by atoms with E-state index in [0.29, 0.717) is 12.0 Å². The maximum Gasteiger partial charge on any atom is 2.00 e. The van der Waals surface area contributed by atoms with Crippen LogP contribution < -0.4 is 4.90 Å². The predicted octanol–water partition coefficient (Wildman–Crippen LogP) is 8.82. The Bertz CT molecular complexity index is 921. The Kier molecular flexibility index (Phi) is 7.97. The molecule has 1 nitrogen and oxygen atoms in total. The zero-order valence-electron chi connectivity index (χ0n) is 16.6. The van der Waals surface area contributed by atoms with Gasteiger partial charge in [-0.15, -0.1) is 0 Å². The Morgan fingerprint density at radius 3 is 1.66 bits per heavy atom. The van der Waals surface area contributed by atoms with Crippen LogP contribution in [0.2, 0.25) is 0 Å². The van der Waals surface area contributed by atoms with Crippen molar-refractivity contribution in [2.24, 2.45) is 0 Å². The van der Waals surface area contributed by atoms with Crippen LogP contribution in [-0.2, 0) is 17.1 Å². The molecule has 2 atom stereocenters. The van der Waals surface area contributed by atoms with Crippen molar-refractivity contribution in [1.82, 2.24) is 0 Å². The van der Waals surface area contributed by atoms with E-state index in [9.17, 15) is 25.2 Å². The Labute approximate surface area is 194 Å². The fraction of sp³-hybridized carbons (Fsp3) is 0.0870. The smallest absolute Gasteiger partial charge is 0.0312 e. The maximum atomic E-state index is 9.87. The van der Waals surface area contributed by atoms with Crippen molar-refractivity contribution in [2.75, 3.05) is 4.90 Å². The van der Waals surface area contributed by atoms with Gasteiger partial charge >= 0.3 is 50.1 Å². The topological polar surface area (TPSA) is 3.24 Å². The van der Waals surface area contributed by atoms with Gasteiger partial charge in [-0.1, -0.05) is 60.7 Å². The van der Waals surface area contributed by atoms with Crippen LogP contribution >= 0.6 is 7.81 Å². The quantitative estimate of drug-likeness (QED) is 0.210. The molecule has 3 aliphatic rings. The van der Waals surface area contributed by atoms with E-state index >= 15 is 0 Å². The van der Waals surface area contributed by atoms with Crippen molar-refractivity contribution >= 4 is 19.2 Å². The molecule has 2 aromatic carbocycles. The van der Waals surface area contributed by atoms with Crippen molar-refractivity contribution in [2.45, 2.75) is 12.0 Å². The zero-order chi connectivity index (χ0) is 22.6. The van der Waals surface area contributed by atoms with E-state index in [4.69, 9.17) is 0 Å². The van der Waals surface area contributed by atoms with Crippen LogP contribution in [0.3, 0.4) is 0 Å². The van der Waals surface area contributed by atoms with Gasteiger partial charge in [0.05, 0.1) is 6.04 Å². The SMILES string of the molecule is C1=CC2c3ccccc3N(c3ccccc3)C2C=C1.F[P-](F)(F)(F)(F)F.[CH]1[CH][CH][CH][CH]1.[Fe+2]. The molecule has 0 saturated heterocycles. The fourth-order valence-corrected chi connectivity index (χ4v) is 3.50. The van der Waals surface area contributed by atoms with Crippen molar-refractivity contribution < 1.29 is 42.3 Å². The van der Waals surface area contributed by atoms with E-state index in [-0.39, 0.29) is 17.1 Å². The van der Waals surface area contributed by atoms with Gasteiger partial charge in [-0.3, -0.25) is 0 Å². The number of hydrogen-bond acceptors (Lipinski definition) is 1.